The van der Waals surface area contributed by atoms with E-state index >= 15 is 0 Å². The maximum Gasteiger partial charge on any atom is 0.251 e. The molecule has 6 heteroatoms. The van der Waals surface area contributed by atoms with Crippen molar-refractivity contribution >= 4 is 5.91 Å². The first-order valence-corrected chi connectivity index (χ1v) is 9.31. The molecule has 1 aliphatic carbocycles. The zero-order valence-corrected chi connectivity index (χ0v) is 15.4. The van der Waals surface area contributed by atoms with E-state index in [0.717, 1.165) is 30.6 Å². The van der Waals surface area contributed by atoms with Gasteiger partial charge in [-0.2, -0.15) is 0 Å². The Morgan fingerprint density at radius 3 is 2.96 bits per heavy atom. The van der Waals surface area contributed by atoms with Gasteiger partial charge in [0, 0.05) is 31.9 Å². The second-order valence-electron chi connectivity index (χ2n) is 7.31. The van der Waals surface area contributed by atoms with Crippen LogP contribution in [0.1, 0.15) is 39.6 Å². The molecule has 2 heterocycles. The molecule has 1 N–H and O–H groups in total. The molecule has 2 aromatic rings. The second kappa shape index (κ2) is 7.21. The normalized spacial score (nSPS) is 23.0. The fourth-order valence-corrected chi connectivity index (χ4v) is 4.11. The van der Waals surface area contributed by atoms with Crippen LogP contribution in [0.2, 0.25) is 0 Å². The van der Waals surface area contributed by atoms with Crippen molar-refractivity contribution in [1.29, 1.82) is 0 Å². The van der Waals surface area contributed by atoms with E-state index in [0.29, 0.717) is 13.2 Å². The number of aryl methyl sites for hydroxylation is 3. The highest BCUT2D eigenvalue weighted by atomic mass is 16.5. The third-order valence-electron chi connectivity index (χ3n) is 5.58. The maximum absolute atomic E-state index is 12.6. The van der Waals surface area contributed by atoms with Gasteiger partial charge in [0.25, 0.3) is 5.91 Å². The summed E-state index contributed by atoms with van der Waals surface area (Å²) in [6.45, 7) is 2.02. The smallest absolute Gasteiger partial charge is 0.251 e. The van der Waals surface area contributed by atoms with Crippen molar-refractivity contribution in [1.82, 2.24) is 19.8 Å². The molecular formula is C20H26N4O2. The average molecular weight is 354 g/mol. The summed E-state index contributed by atoms with van der Waals surface area (Å²) in [7, 11) is 4.08. The molecule has 26 heavy (non-hydrogen) atoms. The lowest BCUT2D eigenvalue weighted by molar-refractivity contribution is -0.0626. The van der Waals surface area contributed by atoms with Crippen molar-refractivity contribution in [3.8, 4) is 0 Å². The van der Waals surface area contributed by atoms with Crippen LogP contribution in [0.25, 0.3) is 0 Å². The molecule has 1 aromatic heterocycles. The summed E-state index contributed by atoms with van der Waals surface area (Å²) in [6.07, 6.45) is 6.99. The Morgan fingerprint density at radius 1 is 1.31 bits per heavy atom. The van der Waals surface area contributed by atoms with Crippen molar-refractivity contribution in [3.05, 3.63) is 53.1 Å². The van der Waals surface area contributed by atoms with Gasteiger partial charge in [-0.3, -0.25) is 9.69 Å². The van der Waals surface area contributed by atoms with E-state index in [1.165, 1.54) is 17.5 Å². The van der Waals surface area contributed by atoms with Crippen molar-refractivity contribution in [2.24, 2.45) is 7.05 Å². The van der Waals surface area contributed by atoms with Crippen LogP contribution in [0.5, 0.6) is 0 Å². The largest absolute Gasteiger partial charge is 0.373 e. The lowest BCUT2D eigenvalue weighted by Crippen LogP contribution is -2.48. The molecule has 2 aliphatic rings. The van der Waals surface area contributed by atoms with Crippen molar-refractivity contribution in [2.45, 2.75) is 31.4 Å². The first kappa shape index (κ1) is 17.2. The average Bonchev–Trinajstić information content (AvgIpc) is 3.27. The number of rotatable bonds is 4. The first-order valence-electron chi connectivity index (χ1n) is 9.31. The number of nitrogens with zero attached hydrogens (tertiary/aromatic N) is 3. The van der Waals surface area contributed by atoms with Gasteiger partial charge in [-0.05, 0) is 49.6 Å². The number of nitrogens with one attached hydrogen (secondary N) is 1. The minimum absolute atomic E-state index is 0.0275. The molecule has 4 rings (SSSR count). The number of hydrogen-bond donors (Lipinski definition) is 1. The monoisotopic (exact) mass is 354 g/mol. The Kier molecular flexibility index (Phi) is 4.78. The molecule has 2 atom stereocenters. The van der Waals surface area contributed by atoms with Gasteiger partial charge in [0.1, 0.15) is 0 Å². The molecule has 0 spiro atoms. The fourth-order valence-electron chi connectivity index (χ4n) is 4.11. The highest BCUT2D eigenvalue weighted by molar-refractivity contribution is 5.94. The van der Waals surface area contributed by atoms with Crippen LogP contribution in [-0.4, -0.2) is 53.2 Å². The Labute approximate surface area is 154 Å². The van der Waals surface area contributed by atoms with Gasteiger partial charge in [0.2, 0.25) is 0 Å². The Hall–Kier alpha value is -2.18. The van der Waals surface area contributed by atoms with Crippen LogP contribution in [0, 0.1) is 0 Å². The highest BCUT2D eigenvalue weighted by Crippen LogP contribution is 2.28. The van der Waals surface area contributed by atoms with Gasteiger partial charge >= 0.3 is 0 Å². The highest BCUT2D eigenvalue weighted by Gasteiger charge is 2.33. The summed E-state index contributed by atoms with van der Waals surface area (Å²) >= 11 is 0. The number of carbonyl (C=O) groups is 1. The standard InChI is InChI=1S/C20H26N4O2/c1-23-8-9-26-18(19(23)17-11-21-13-24(17)2)12-22-20(25)16-7-6-14-4-3-5-15(14)10-16/h6-7,10-11,13,18-19H,3-5,8-9,12H2,1-2H3,(H,22,25)/t18-,19-/m0/s1. The SMILES string of the molecule is CN1CCO[C@@H](CNC(=O)c2ccc3c(c2)CCC3)[C@@H]1c1cncn1C. The van der Waals surface area contributed by atoms with E-state index < -0.39 is 0 Å². The third-order valence-corrected chi connectivity index (χ3v) is 5.58. The Morgan fingerprint density at radius 2 is 2.15 bits per heavy atom. The number of morpholine rings is 1. The molecule has 1 aromatic carbocycles. The fraction of sp³-hybridized carbons (Fsp3) is 0.500. The predicted molar refractivity (Wildman–Crippen MR) is 99.1 cm³/mol. The third kappa shape index (κ3) is 3.27. The van der Waals surface area contributed by atoms with Crippen LogP contribution in [-0.2, 0) is 24.6 Å². The van der Waals surface area contributed by atoms with Gasteiger partial charge in [-0.1, -0.05) is 6.07 Å². The van der Waals surface area contributed by atoms with Gasteiger partial charge < -0.3 is 14.6 Å². The number of benzene rings is 1. The number of aromatic nitrogens is 2. The van der Waals surface area contributed by atoms with Gasteiger partial charge in [0.15, 0.2) is 0 Å². The second-order valence-corrected chi connectivity index (χ2v) is 7.31. The summed E-state index contributed by atoms with van der Waals surface area (Å²) in [4.78, 5) is 19.1. The van der Waals surface area contributed by atoms with Crippen LogP contribution in [0.15, 0.2) is 30.7 Å². The molecule has 0 saturated carbocycles. The quantitative estimate of drug-likeness (QED) is 0.908. The maximum atomic E-state index is 12.6. The molecule has 0 radical (unpaired) electrons. The molecule has 1 saturated heterocycles. The zero-order chi connectivity index (χ0) is 18.1. The number of amides is 1. The predicted octanol–water partition coefficient (Wildman–Crippen LogP) is 1.71. The van der Waals surface area contributed by atoms with Crippen molar-refractivity contribution < 1.29 is 9.53 Å². The molecule has 138 valence electrons. The van der Waals surface area contributed by atoms with Gasteiger partial charge in [-0.25, -0.2) is 4.98 Å². The summed E-state index contributed by atoms with van der Waals surface area (Å²) < 4.78 is 8.02. The summed E-state index contributed by atoms with van der Waals surface area (Å²) in [5.74, 6) is -0.0275. The van der Waals surface area contributed by atoms with Crippen LogP contribution < -0.4 is 5.32 Å². The lowest BCUT2D eigenvalue weighted by Gasteiger charge is -2.39. The van der Waals surface area contributed by atoms with Crippen molar-refractivity contribution in [3.63, 3.8) is 0 Å². The molecule has 6 nitrogen and oxygen atoms in total. The van der Waals surface area contributed by atoms with Crippen LogP contribution in [0.4, 0.5) is 0 Å². The van der Waals surface area contributed by atoms with E-state index in [1.54, 1.807) is 6.33 Å². The van der Waals surface area contributed by atoms with E-state index in [-0.39, 0.29) is 18.1 Å². The van der Waals surface area contributed by atoms with Crippen molar-refractivity contribution in [2.75, 3.05) is 26.7 Å². The minimum Gasteiger partial charge on any atom is -0.373 e. The Balaban J connectivity index is 1.45. The molecule has 0 bridgehead atoms. The van der Waals surface area contributed by atoms with E-state index in [4.69, 9.17) is 4.74 Å². The number of imidazole rings is 1. The molecule has 1 fully saturated rings. The van der Waals surface area contributed by atoms with Crippen LogP contribution >= 0.6 is 0 Å². The number of likely N-dealkylation sites (N-methyl/N-ethyl adjacent to an activating group) is 1. The summed E-state index contributed by atoms with van der Waals surface area (Å²) in [5.41, 5.74) is 4.55. The topological polar surface area (TPSA) is 59.4 Å². The van der Waals surface area contributed by atoms with E-state index in [9.17, 15) is 4.79 Å². The number of carbonyl (C=O) groups excluding carboxylic acids is 1. The first-order chi connectivity index (χ1) is 12.6. The number of fused-ring (bicyclic) bond motifs is 1. The zero-order valence-electron chi connectivity index (χ0n) is 15.4. The van der Waals surface area contributed by atoms with Crippen LogP contribution in [0.3, 0.4) is 0 Å². The lowest BCUT2D eigenvalue weighted by atomic mass is 10.0. The van der Waals surface area contributed by atoms with Gasteiger partial charge in [0.05, 0.1) is 30.8 Å². The molecule has 1 aliphatic heterocycles. The number of ether oxygens (including phenoxy) is 1. The summed E-state index contributed by atoms with van der Waals surface area (Å²) in [5, 5.41) is 3.07. The van der Waals surface area contributed by atoms with E-state index in [2.05, 4.69) is 28.3 Å². The molecule has 1 amide bonds. The molecule has 0 unspecified atom stereocenters. The molecular weight excluding hydrogens is 328 g/mol. The van der Waals surface area contributed by atoms with Gasteiger partial charge in [-0.15, -0.1) is 0 Å². The van der Waals surface area contributed by atoms with E-state index in [1.807, 2.05) is 29.9 Å². The number of hydrogen-bond acceptors (Lipinski definition) is 4. The Bertz CT molecular complexity index is 801. The summed E-state index contributed by atoms with van der Waals surface area (Å²) in [6, 6.07) is 6.16. The minimum atomic E-state index is -0.0949.